The first-order valence-electron chi connectivity index (χ1n) is 9.09. The lowest BCUT2D eigenvalue weighted by Crippen LogP contribution is -2.27. The van der Waals surface area contributed by atoms with Crippen molar-refractivity contribution in [3.05, 3.63) is 42.4 Å². The van der Waals surface area contributed by atoms with Crippen molar-refractivity contribution in [1.29, 1.82) is 0 Å². The van der Waals surface area contributed by atoms with Gasteiger partial charge in [-0.15, -0.1) is 25.5 Å². The van der Waals surface area contributed by atoms with Gasteiger partial charge in [0.1, 0.15) is 12.4 Å². The minimum atomic E-state index is -0.541. The molecule has 1 aromatic carbocycles. The molecule has 1 aromatic heterocycles. The van der Waals surface area contributed by atoms with Crippen LogP contribution in [0, 0.1) is 6.92 Å². The summed E-state index contributed by atoms with van der Waals surface area (Å²) < 4.78 is 10.9. The molecule has 1 fully saturated rings. The summed E-state index contributed by atoms with van der Waals surface area (Å²) in [5, 5.41) is 16.7. The van der Waals surface area contributed by atoms with Crippen molar-refractivity contribution in [3.8, 4) is 17.1 Å². The van der Waals surface area contributed by atoms with Crippen LogP contribution in [0.15, 0.2) is 36.5 Å². The molecule has 0 aliphatic carbocycles. The van der Waals surface area contributed by atoms with Gasteiger partial charge >= 0.3 is 5.97 Å². The molecule has 152 valence electrons. The first-order valence-corrected chi connectivity index (χ1v) is 9.09. The number of carbonyl (C=O) groups is 2. The minimum absolute atomic E-state index is 0.0321. The fraction of sp³-hybridized carbons (Fsp3) is 0.368. The molecule has 29 heavy (non-hydrogen) atoms. The van der Waals surface area contributed by atoms with E-state index < -0.39 is 5.97 Å². The van der Waals surface area contributed by atoms with Gasteiger partial charge in [-0.1, -0.05) is 6.58 Å². The SMILES string of the molecule is C=C1CCC(=O)N1OC(=O)CCOCCOc1ccc(-c2nnc(C)nn2)cc1. The molecule has 0 bridgehead atoms. The molecule has 10 heteroatoms. The number of benzene rings is 1. The lowest BCUT2D eigenvalue weighted by molar-refractivity contribution is -0.187. The van der Waals surface area contributed by atoms with E-state index in [1.807, 2.05) is 12.1 Å². The van der Waals surface area contributed by atoms with E-state index in [0.29, 0.717) is 49.2 Å². The van der Waals surface area contributed by atoms with Crippen LogP contribution in [0.25, 0.3) is 11.4 Å². The van der Waals surface area contributed by atoms with Gasteiger partial charge in [-0.2, -0.15) is 0 Å². The Labute approximate surface area is 167 Å². The second-order valence-electron chi connectivity index (χ2n) is 6.22. The van der Waals surface area contributed by atoms with Gasteiger partial charge < -0.3 is 14.3 Å². The summed E-state index contributed by atoms with van der Waals surface area (Å²) in [7, 11) is 0. The Balaban J connectivity index is 1.31. The molecular formula is C19H21N5O5. The number of nitrogens with zero attached hydrogens (tertiary/aromatic N) is 5. The molecule has 1 saturated heterocycles. The molecule has 0 unspecified atom stereocenters. The van der Waals surface area contributed by atoms with E-state index in [2.05, 4.69) is 27.0 Å². The highest BCUT2D eigenvalue weighted by Gasteiger charge is 2.27. The first-order chi connectivity index (χ1) is 14.0. The highest BCUT2D eigenvalue weighted by molar-refractivity contribution is 5.82. The lowest BCUT2D eigenvalue weighted by Gasteiger charge is -2.15. The molecule has 1 aliphatic rings. The van der Waals surface area contributed by atoms with Gasteiger partial charge in [-0.3, -0.25) is 4.79 Å². The lowest BCUT2D eigenvalue weighted by atomic mass is 10.2. The highest BCUT2D eigenvalue weighted by atomic mass is 16.7. The Morgan fingerprint density at radius 1 is 1.07 bits per heavy atom. The van der Waals surface area contributed by atoms with Crippen LogP contribution in [-0.2, 0) is 19.2 Å². The molecule has 0 N–H and O–H groups in total. The second-order valence-corrected chi connectivity index (χ2v) is 6.22. The average molecular weight is 399 g/mol. The molecule has 1 amide bonds. The quantitative estimate of drug-likeness (QED) is 0.580. The number of amides is 1. The van der Waals surface area contributed by atoms with Crippen LogP contribution in [0.2, 0.25) is 0 Å². The van der Waals surface area contributed by atoms with Crippen LogP contribution in [0.4, 0.5) is 0 Å². The summed E-state index contributed by atoms with van der Waals surface area (Å²) in [5.41, 5.74) is 1.27. The minimum Gasteiger partial charge on any atom is -0.491 e. The Kier molecular flexibility index (Phi) is 6.80. The van der Waals surface area contributed by atoms with Crippen molar-refractivity contribution >= 4 is 11.9 Å². The fourth-order valence-electron chi connectivity index (χ4n) is 2.46. The van der Waals surface area contributed by atoms with Crippen molar-refractivity contribution in [2.45, 2.75) is 26.2 Å². The molecule has 3 rings (SSSR count). The van der Waals surface area contributed by atoms with Crippen molar-refractivity contribution in [2.24, 2.45) is 0 Å². The third-order valence-electron chi connectivity index (χ3n) is 3.97. The standard InChI is InChI=1S/C19H21N5O5/c1-13-3-8-17(25)24(13)29-18(26)9-10-27-11-12-28-16-6-4-15(5-7-16)19-22-20-14(2)21-23-19/h4-7H,1,3,8-12H2,2H3. The maximum atomic E-state index is 11.7. The van der Waals surface area contributed by atoms with Gasteiger partial charge in [-0.05, 0) is 37.6 Å². The summed E-state index contributed by atoms with van der Waals surface area (Å²) in [6.07, 6.45) is 0.851. The van der Waals surface area contributed by atoms with E-state index in [1.165, 1.54) is 0 Å². The van der Waals surface area contributed by atoms with E-state index in [9.17, 15) is 9.59 Å². The van der Waals surface area contributed by atoms with E-state index in [4.69, 9.17) is 14.3 Å². The van der Waals surface area contributed by atoms with E-state index in [1.54, 1.807) is 19.1 Å². The zero-order valence-electron chi connectivity index (χ0n) is 16.0. The Hall–Kier alpha value is -3.40. The predicted octanol–water partition coefficient (Wildman–Crippen LogP) is 1.62. The van der Waals surface area contributed by atoms with E-state index >= 15 is 0 Å². The topological polar surface area (TPSA) is 117 Å². The van der Waals surface area contributed by atoms with Gasteiger partial charge in [0.25, 0.3) is 5.91 Å². The molecule has 10 nitrogen and oxygen atoms in total. The van der Waals surface area contributed by atoms with Crippen molar-refractivity contribution in [1.82, 2.24) is 25.5 Å². The number of hydrogen-bond acceptors (Lipinski definition) is 9. The smallest absolute Gasteiger partial charge is 0.335 e. The van der Waals surface area contributed by atoms with Crippen LogP contribution in [0.3, 0.4) is 0 Å². The Morgan fingerprint density at radius 3 is 2.45 bits per heavy atom. The van der Waals surface area contributed by atoms with Crippen LogP contribution in [-0.4, -0.2) is 57.2 Å². The van der Waals surface area contributed by atoms with Crippen molar-refractivity contribution in [2.75, 3.05) is 19.8 Å². The van der Waals surface area contributed by atoms with Crippen LogP contribution < -0.4 is 4.74 Å². The summed E-state index contributed by atoms with van der Waals surface area (Å²) in [4.78, 5) is 28.2. The number of aryl methyl sites for hydroxylation is 1. The monoisotopic (exact) mass is 399 g/mol. The Morgan fingerprint density at radius 2 is 1.79 bits per heavy atom. The van der Waals surface area contributed by atoms with Crippen LogP contribution >= 0.6 is 0 Å². The highest BCUT2D eigenvalue weighted by Crippen LogP contribution is 2.21. The average Bonchev–Trinajstić information content (AvgIpc) is 3.03. The zero-order valence-corrected chi connectivity index (χ0v) is 16.0. The summed E-state index contributed by atoms with van der Waals surface area (Å²) in [6, 6.07) is 7.20. The van der Waals surface area contributed by atoms with E-state index in [0.717, 1.165) is 10.6 Å². The van der Waals surface area contributed by atoms with Gasteiger partial charge in [0.05, 0.1) is 25.3 Å². The van der Waals surface area contributed by atoms with Gasteiger partial charge in [-0.25, -0.2) is 4.79 Å². The summed E-state index contributed by atoms with van der Waals surface area (Å²) in [6.45, 7) is 6.19. The van der Waals surface area contributed by atoms with Crippen molar-refractivity contribution in [3.63, 3.8) is 0 Å². The number of carbonyl (C=O) groups excluding carboxylic acids is 2. The fourth-order valence-corrected chi connectivity index (χ4v) is 2.46. The maximum absolute atomic E-state index is 11.7. The third kappa shape index (κ3) is 5.79. The van der Waals surface area contributed by atoms with Crippen molar-refractivity contribution < 1.29 is 23.9 Å². The number of aromatic nitrogens is 4. The van der Waals surface area contributed by atoms with Gasteiger partial charge in [0.2, 0.25) is 5.82 Å². The predicted molar refractivity (Wildman–Crippen MR) is 100 cm³/mol. The largest absolute Gasteiger partial charge is 0.491 e. The second kappa shape index (κ2) is 9.69. The van der Waals surface area contributed by atoms with Gasteiger partial charge in [0.15, 0.2) is 5.82 Å². The normalized spacial score (nSPS) is 13.6. The molecule has 0 spiro atoms. The Bertz CT molecular complexity index is 854. The number of ether oxygens (including phenoxy) is 2. The molecule has 1 aliphatic heterocycles. The molecule has 0 atom stereocenters. The van der Waals surface area contributed by atoms with Crippen LogP contribution in [0.5, 0.6) is 5.75 Å². The summed E-state index contributed by atoms with van der Waals surface area (Å²) >= 11 is 0. The number of hydroxylamine groups is 2. The molecular weight excluding hydrogens is 378 g/mol. The molecule has 2 aromatic rings. The van der Waals surface area contributed by atoms with Gasteiger partial charge in [0, 0.05) is 12.0 Å². The van der Waals surface area contributed by atoms with E-state index in [-0.39, 0.29) is 18.9 Å². The number of allylic oxidation sites excluding steroid dienone is 1. The molecule has 0 radical (unpaired) electrons. The zero-order chi connectivity index (χ0) is 20.6. The third-order valence-corrected chi connectivity index (χ3v) is 3.97. The number of rotatable bonds is 9. The molecule has 0 saturated carbocycles. The summed E-state index contributed by atoms with van der Waals surface area (Å²) in [5.74, 6) is 0.815. The molecule has 2 heterocycles. The number of hydrogen-bond donors (Lipinski definition) is 0. The first kappa shape index (κ1) is 20.3. The maximum Gasteiger partial charge on any atom is 0.335 e. The van der Waals surface area contributed by atoms with Crippen LogP contribution in [0.1, 0.15) is 25.1 Å².